The van der Waals surface area contributed by atoms with Crippen LogP contribution in [-0.4, -0.2) is 37.2 Å². The minimum atomic E-state index is -0.789. The normalized spacial score (nSPS) is 12.5. The van der Waals surface area contributed by atoms with Crippen LogP contribution in [0.15, 0.2) is 72.9 Å². The Balaban J connectivity index is 4.23. The van der Waals surface area contributed by atoms with Crippen LogP contribution < -0.4 is 0 Å². The van der Waals surface area contributed by atoms with Crippen LogP contribution in [0.4, 0.5) is 0 Å². The molecule has 1 atom stereocenters. The van der Waals surface area contributed by atoms with Gasteiger partial charge in [0.1, 0.15) is 13.2 Å². The van der Waals surface area contributed by atoms with E-state index in [9.17, 15) is 14.4 Å². The summed E-state index contributed by atoms with van der Waals surface area (Å²) in [5.74, 6) is -0.896. The van der Waals surface area contributed by atoms with Crippen molar-refractivity contribution in [2.75, 3.05) is 13.2 Å². The van der Waals surface area contributed by atoms with Gasteiger partial charge in [0, 0.05) is 19.3 Å². The Morgan fingerprint density at radius 2 is 0.481 bits per heavy atom. The molecular weight excluding hydrogens is 949 g/mol. The number of carbonyl (C=O) groups excluding carboxylic acids is 3. The summed E-state index contributed by atoms with van der Waals surface area (Å²) in [5, 5.41) is 0. The number of esters is 3. The van der Waals surface area contributed by atoms with Crippen LogP contribution in [0, 0.1) is 0 Å². The molecule has 6 nitrogen and oxygen atoms in total. The summed E-state index contributed by atoms with van der Waals surface area (Å²) in [6, 6.07) is 0. The zero-order valence-corrected chi connectivity index (χ0v) is 51.2. The minimum absolute atomic E-state index is 0.0833. The molecule has 6 heteroatoms. The summed E-state index contributed by atoms with van der Waals surface area (Å²) >= 11 is 0. The van der Waals surface area contributed by atoms with E-state index in [1.807, 2.05) is 0 Å². The van der Waals surface area contributed by atoms with Gasteiger partial charge < -0.3 is 14.2 Å². The van der Waals surface area contributed by atoms with Gasteiger partial charge in [0.2, 0.25) is 0 Å². The number of hydrogen-bond donors (Lipinski definition) is 0. The van der Waals surface area contributed by atoms with E-state index in [0.717, 1.165) is 109 Å². The number of allylic oxidation sites excluding steroid dienone is 12. The maximum atomic E-state index is 12.9. The van der Waals surface area contributed by atoms with E-state index in [0.29, 0.717) is 19.3 Å². The Morgan fingerprint density at radius 3 is 0.766 bits per heavy atom. The van der Waals surface area contributed by atoms with Crippen molar-refractivity contribution in [3.63, 3.8) is 0 Å². The molecule has 0 N–H and O–H groups in total. The van der Waals surface area contributed by atoms with Gasteiger partial charge in [-0.15, -0.1) is 0 Å². The Hall–Kier alpha value is -3.15. The minimum Gasteiger partial charge on any atom is -0.462 e. The van der Waals surface area contributed by atoms with Crippen LogP contribution in [0.2, 0.25) is 0 Å². The van der Waals surface area contributed by atoms with E-state index in [4.69, 9.17) is 14.2 Å². The summed E-state index contributed by atoms with van der Waals surface area (Å²) in [7, 11) is 0. The number of rotatable bonds is 61. The molecule has 0 saturated carbocycles. The van der Waals surface area contributed by atoms with Crippen molar-refractivity contribution < 1.29 is 28.6 Å². The Morgan fingerprint density at radius 1 is 0.260 bits per heavy atom. The van der Waals surface area contributed by atoms with Crippen molar-refractivity contribution in [2.45, 2.75) is 348 Å². The lowest BCUT2D eigenvalue weighted by Crippen LogP contribution is -2.30. The maximum absolute atomic E-state index is 12.9. The van der Waals surface area contributed by atoms with E-state index in [2.05, 4.69) is 93.7 Å². The highest BCUT2D eigenvalue weighted by molar-refractivity contribution is 5.71. The first-order valence-electron chi connectivity index (χ1n) is 33.4. The lowest BCUT2D eigenvalue weighted by molar-refractivity contribution is -0.167. The lowest BCUT2D eigenvalue weighted by Gasteiger charge is -2.18. The Labute approximate surface area is 478 Å². The highest BCUT2D eigenvalue weighted by atomic mass is 16.6. The molecule has 0 aromatic carbocycles. The van der Waals surface area contributed by atoms with Crippen molar-refractivity contribution in [3.05, 3.63) is 72.9 Å². The lowest BCUT2D eigenvalue weighted by atomic mass is 10.0. The molecule has 1 unspecified atom stereocenters. The van der Waals surface area contributed by atoms with Crippen LogP contribution in [0.5, 0.6) is 0 Å². The monoisotopic (exact) mass is 1070 g/mol. The van der Waals surface area contributed by atoms with Crippen LogP contribution in [0.3, 0.4) is 0 Å². The van der Waals surface area contributed by atoms with Crippen molar-refractivity contribution in [1.82, 2.24) is 0 Å². The summed E-state index contributed by atoms with van der Waals surface area (Å²) < 4.78 is 16.9. The topological polar surface area (TPSA) is 78.9 Å². The van der Waals surface area contributed by atoms with Gasteiger partial charge in [0.25, 0.3) is 0 Å². The molecule has 0 aliphatic heterocycles. The number of hydrogen-bond acceptors (Lipinski definition) is 6. The maximum Gasteiger partial charge on any atom is 0.306 e. The number of ether oxygens (including phenoxy) is 3. The third kappa shape index (κ3) is 63.6. The molecule has 0 aliphatic rings. The molecule has 0 aliphatic carbocycles. The fourth-order valence-corrected chi connectivity index (χ4v) is 9.58. The average molecular weight is 1080 g/mol. The van der Waals surface area contributed by atoms with Crippen LogP contribution in [0.1, 0.15) is 342 Å². The standard InChI is InChI=1S/C71H126O6/c1-4-7-10-13-16-19-22-25-28-30-31-32-33-34-35-36-37-38-39-40-41-42-44-46-49-52-55-58-61-64-70(73)76-67-68(66-75-69(72)63-60-57-54-51-48-45-27-24-21-18-15-12-9-6-3)77-71(74)65-62-59-56-53-50-47-43-29-26-23-20-17-14-11-8-5-2/h15,18,20,22-25,27,29-31,43,68H,4-14,16-17,19,21,26,28,32-42,44-67H2,1-3H3/b18-15-,23-20-,25-22-,27-24-,31-30-,43-29-. The first-order valence-corrected chi connectivity index (χ1v) is 33.4. The van der Waals surface area contributed by atoms with Gasteiger partial charge in [-0.05, 0) is 109 Å². The molecule has 77 heavy (non-hydrogen) atoms. The van der Waals surface area contributed by atoms with E-state index in [1.165, 1.54) is 193 Å². The van der Waals surface area contributed by atoms with Gasteiger partial charge in [-0.2, -0.15) is 0 Å². The fraction of sp³-hybridized carbons (Fsp3) is 0.789. The second-order valence-electron chi connectivity index (χ2n) is 22.4. The van der Waals surface area contributed by atoms with Gasteiger partial charge in [-0.1, -0.05) is 286 Å². The number of carbonyl (C=O) groups is 3. The van der Waals surface area contributed by atoms with Gasteiger partial charge in [-0.25, -0.2) is 0 Å². The predicted molar refractivity (Wildman–Crippen MR) is 335 cm³/mol. The van der Waals surface area contributed by atoms with Crippen LogP contribution >= 0.6 is 0 Å². The fourth-order valence-electron chi connectivity index (χ4n) is 9.58. The summed E-state index contributed by atoms with van der Waals surface area (Å²) in [4.78, 5) is 38.3. The predicted octanol–water partition coefficient (Wildman–Crippen LogP) is 22.9. The zero-order chi connectivity index (χ0) is 55.7. The van der Waals surface area contributed by atoms with Crippen LogP contribution in [-0.2, 0) is 28.6 Å². The van der Waals surface area contributed by atoms with Crippen molar-refractivity contribution >= 4 is 17.9 Å². The first kappa shape index (κ1) is 73.8. The molecule has 0 aromatic rings. The summed E-state index contributed by atoms with van der Waals surface area (Å²) in [5.41, 5.74) is 0. The van der Waals surface area contributed by atoms with Crippen molar-refractivity contribution in [2.24, 2.45) is 0 Å². The molecule has 0 spiro atoms. The molecule has 0 bridgehead atoms. The molecule has 0 amide bonds. The second kappa shape index (κ2) is 65.4. The van der Waals surface area contributed by atoms with E-state index >= 15 is 0 Å². The quantitative estimate of drug-likeness (QED) is 0.0261. The second-order valence-corrected chi connectivity index (χ2v) is 22.4. The van der Waals surface area contributed by atoms with Gasteiger partial charge in [0.05, 0.1) is 0 Å². The molecule has 446 valence electrons. The molecule has 0 fully saturated rings. The molecule has 0 aromatic heterocycles. The molecule has 0 rings (SSSR count). The van der Waals surface area contributed by atoms with Crippen LogP contribution in [0.25, 0.3) is 0 Å². The van der Waals surface area contributed by atoms with Gasteiger partial charge in [0.15, 0.2) is 6.10 Å². The van der Waals surface area contributed by atoms with Gasteiger partial charge >= 0.3 is 17.9 Å². The van der Waals surface area contributed by atoms with Crippen molar-refractivity contribution in [3.8, 4) is 0 Å². The van der Waals surface area contributed by atoms with Gasteiger partial charge in [-0.3, -0.25) is 14.4 Å². The SMILES string of the molecule is CCCC/C=C\C/C=C\CCCCCCCC(=O)OCC(COC(=O)CCCCCCCCCCCCCCCCCCC/C=C\C/C=C\CCCCCCC)OC(=O)CCCCCCC/C=C\C/C=C\CCCCCC. The third-order valence-corrected chi connectivity index (χ3v) is 14.7. The highest BCUT2D eigenvalue weighted by Crippen LogP contribution is 2.17. The highest BCUT2D eigenvalue weighted by Gasteiger charge is 2.19. The Bertz CT molecular complexity index is 1420. The molecule has 0 saturated heterocycles. The smallest absolute Gasteiger partial charge is 0.306 e. The first-order chi connectivity index (χ1) is 38.0. The largest absolute Gasteiger partial charge is 0.462 e. The van der Waals surface area contributed by atoms with E-state index in [1.54, 1.807) is 0 Å². The molecule has 0 radical (unpaired) electrons. The zero-order valence-electron chi connectivity index (χ0n) is 51.2. The molecule has 0 heterocycles. The Kier molecular flexibility index (Phi) is 62.7. The number of unbranched alkanes of at least 4 members (excludes halogenated alkanes) is 38. The van der Waals surface area contributed by atoms with Crippen molar-refractivity contribution in [1.29, 1.82) is 0 Å². The third-order valence-electron chi connectivity index (χ3n) is 14.7. The average Bonchev–Trinajstić information content (AvgIpc) is 3.43. The summed E-state index contributed by atoms with van der Waals surface area (Å²) in [6.07, 6.45) is 84.9. The molecular formula is C71H126O6. The van der Waals surface area contributed by atoms with E-state index < -0.39 is 6.10 Å². The summed E-state index contributed by atoms with van der Waals surface area (Å²) in [6.45, 7) is 6.59. The van der Waals surface area contributed by atoms with E-state index in [-0.39, 0.29) is 31.1 Å².